The monoisotopic (exact) mass is 285 g/mol. The summed E-state index contributed by atoms with van der Waals surface area (Å²) in [5.74, 6) is 1.70. The van der Waals surface area contributed by atoms with Gasteiger partial charge in [0.05, 0.1) is 0 Å². The van der Waals surface area contributed by atoms with Crippen molar-refractivity contribution < 1.29 is 0 Å². The molecule has 0 bridgehead atoms. The van der Waals surface area contributed by atoms with Gasteiger partial charge >= 0.3 is 0 Å². The number of hydrogen-bond donors (Lipinski definition) is 1. The van der Waals surface area contributed by atoms with Gasteiger partial charge in [-0.05, 0) is 32.3 Å². The second-order valence-electron chi connectivity index (χ2n) is 5.44. The third kappa shape index (κ3) is 4.62. The zero-order valence-corrected chi connectivity index (χ0v) is 13.3. The van der Waals surface area contributed by atoms with E-state index in [-0.39, 0.29) is 0 Å². The number of likely N-dealkylation sites (tertiary alicyclic amines) is 1. The normalized spacial score (nSPS) is 19.4. The molecule has 1 heterocycles. The van der Waals surface area contributed by atoms with Crippen molar-refractivity contribution in [3.63, 3.8) is 0 Å². The molecular formula is C18H27N3. The maximum atomic E-state index is 4.74. The van der Waals surface area contributed by atoms with Crippen LogP contribution in [0, 0.1) is 0 Å². The molecule has 3 heteroatoms. The Morgan fingerprint density at radius 3 is 2.90 bits per heavy atom. The first-order chi connectivity index (χ1) is 10.3. The van der Waals surface area contributed by atoms with E-state index >= 15 is 0 Å². The first-order valence-electron chi connectivity index (χ1n) is 8.04. The van der Waals surface area contributed by atoms with Gasteiger partial charge in [0, 0.05) is 32.1 Å². The van der Waals surface area contributed by atoms with Gasteiger partial charge in [0.15, 0.2) is 5.96 Å². The van der Waals surface area contributed by atoms with Crippen LogP contribution in [0.25, 0.3) is 0 Å². The fourth-order valence-electron chi connectivity index (χ4n) is 2.79. The Bertz CT molecular complexity index is 465. The molecule has 0 saturated carbocycles. The summed E-state index contributed by atoms with van der Waals surface area (Å²) in [6.07, 6.45) is 6.48. The van der Waals surface area contributed by atoms with Crippen LogP contribution in [0.3, 0.4) is 0 Å². The molecular weight excluding hydrogens is 258 g/mol. The molecule has 1 atom stereocenters. The zero-order chi connectivity index (χ0) is 14.9. The van der Waals surface area contributed by atoms with Crippen LogP contribution in [0.1, 0.15) is 38.2 Å². The van der Waals surface area contributed by atoms with Gasteiger partial charge in [0.1, 0.15) is 0 Å². The van der Waals surface area contributed by atoms with Crippen molar-refractivity contribution in [2.24, 2.45) is 4.99 Å². The lowest BCUT2D eigenvalue weighted by atomic mass is 9.99. The van der Waals surface area contributed by atoms with Crippen molar-refractivity contribution in [3.8, 4) is 0 Å². The molecule has 0 radical (unpaired) electrons. The van der Waals surface area contributed by atoms with Gasteiger partial charge in [-0.2, -0.15) is 0 Å². The van der Waals surface area contributed by atoms with E-state index in [1.807, 2.05) is 0 Å². The van der Waals surface area contributed by atoms with Crippen LogP contribution in [-0.2, 0) is 0 Å². The Kier molecular flexibility index (Phi) is 6.32. The summed E-state index contributed by atoms with van der Waals surface area (Å²) in [5.41, 5.74) is 1.45. The third-order valence-corrected chi connectivity index (χ3v) is 3.89. The lowest BCUT2D eigenvalue weighted by Gasteiger charge is -2.21. The third-order valence-electron chi connectivity index (χ3n) is 3.89. The lowest BCUT2D eigenvalue weighted by molar-refractivity contribution is 0.486. The number of benzene rings is 1. The first kappa shape index (κ1) is 15.6. The van der Waals surface area contributed by atoms with E-state index < -0.39 is 0 Å². The van der Waals surface area contributed by atoms with Crippen LogP contribution >= 0.6 is 0 Å². The highest BCUT2D eigenvalue weighted by Crippen LogP contribution is 2.26. The minimum atomic E-state index is 0.630. The lowest BCUT2D eigenvalue weighted by Crippen LogP contribution is -2.40. The van der Waals surface area contributed by atoms with Crippen molar-refractivity contribution in [1.29, 1.82) is 0 Å². The highest BCUT2D eigenvalue weighted by Gasteiger charge is 2.25. The SMILES string of the molecule is C/C=C/CCN=C(NCC)N1CCC(c2ccccc2)C1. The molecule has 1 fully saturated rings. The van der Waals surface area contributed by atoms with E-state index in [9.17, 15) is 0 Å². The van der Waals surface area contributed by atoms with Gasteiger partial charge in [-0.15, -0.1) is 0 Å². The molecule has 1 aliphatic heterocycles. The van der Waals surface area contributed by atoms with Gasteiger partial charge < -0.3 is 10.2 Å². The zero-order valence-electron chi connectivity index (χ0n) is 13.3. The van der Waals surface area contributed by atoms with E-state index in [0.717, 1.165) is 38.6 Å². The fourth-order valence-corrected chi connectivity index (χ4v) is 2.79. The van der Waals surface area contributed by atoms with E-state index in [1.165, 1.54) is 12.0 Å². The van der Waals surface area contributed by atoms with Crippen LogP contribution in [0.2, 0.25) is 0 Å². The molecule has 1 aromatic carbocycles. The Morgan fingerprint density at radius 2 is 2.19 bits per heavy atom. The summed E-state index contributed by atoms with van der Waals surface area (Å²) in [6, 6.07) is 10.8. The van der Waals surface area contributed by atoms with E-state index in [4.69, 9.17) is 4.99 Å². The summed E-state index contributed by atoms with van der Waals surface area (Å²) in [4.78, 5) is 7.14. The second kappa shape index (κ2) is 8.50. The molecule has 0 aliphatic carbocycles. The van der Waals surface area contributed by atoms with E-state index in [2.05, 4.69) is 66.5 Å². The highest BCUT2D eigenvalue weighted by molar-refractivity contribution is 5.80. The van der Waals surface area contributed by atoms with Gasteiger partial charge in [0.25, 0.3) is 0 Å². The molecule has 21 heavy (non-hydrogen) atoms. The topological polar surface area (TPSA) is 27.6 Å². The summed E-state index contributed by atoms with van der Waals surface area (Å²) in [7, 11) is 0. The Labute approximate surface area is 128 Å². The van der Waals surface area contributed by atoms with Crippen LogP contribution in [0.5, 0.6) is 0 Å². The van der Waals surface area contributed by atoms with Crippen LogP contribution in [-0.4, -0.2) is 37.0 Å². The minimum Gasteiger partial charge on any atom is -0.357 e. The molecule has 1 saturated heterocycles. The average molecular weight is 285 g/mol. The largest absolute Gasteiger partial charge is 0.357 e. The van der Waals surface area contributed by atoms with Gasteiger partial charge in [-0.3, -0.25) is 4.99 Å². The quantitative estimate of drug-likeness (QED) is 0.388. The number of nitrogens with zero attached hydrogens (tertiary/aromatic N) is 2. The smallest absolute Gasteiger partial charge is 0.193 e. The number of nitrogens with one attached hydrogen (secondary N) is 1. The van der Waals surface area contributed by atoms with Gasteiger partial charge in [0.2, 0.25) is 0 Å². The molecule has 114 valence electrons. The van der Waals surface area contributed by atoms with Gasteiger partial charge in [-0.1, -0.05) is 42.5 Å². The average Bonchev–Trinajstić information content (AvgIpc) is 3.01. The fraction of sp³-hybridized carbons (Fsp3) is 0.500. The number of aliphatic imine (C=N–C) groups is 1. The predicted molar refractivity (Wildman–Crippen MR) is 90.8 cm³/mol. The van der Waals surface area contributed by atoms with Crippen LogP contribution < -0.4 is 5.32 Å². The molecule has 1 aliphatic rings. The molecule has 2 rings (SSSR count). The molecule has 0 spiro atoms. The van der Waals surface area contributed by atoms with Crippen molar-refractivity contribution >= 4 is 5.96 Å². The summed E-state index contributed by atoms with van der Waals surface area (Å²) >= 11 is 0. The van der Waals surface area contributed by atoms with Crippen LogP contribution in [0.4, 0.5) is 0 Å². The summed E-state index contributed by atoms with van der Waals surface area (Å²) in [6.45, 7) is 8.13. The van der Waals surface area contributed by atoms with Crippen molar-refractivity contribution in [2.75, 3.05) is 26.2 Å². The molecule has 3 nitrogen and oxygen atoms in total. The standard InChI is InChI=1S/C18H27N3/c1-3-5-9-13-20-18(19-4-2)21-14-12-17(15-21)16-10-7-6-8-11-16/h3,5-8,10-11,17H,4,9,12-15H2,1-2H3,(H,19,20)/b5-3+. The van der Waals surface area contributed by atoms with E-state index in [1.54, 1.807) is 0 Å². The number of rotatable bonds is 5. The molecule has 0 aromatic heterocycles. The number of allylic oxidation sites excluding steroid dienone is 1. The Morgan fingerprint density at radius 1 is 1.38 bits per heavy atom. The van der Waals surface area contributed by atoms with Gasteiger partial charge in [-0.25, -0.2) is 0 Å². The predicted octanol–water partition coefficient (Wildman–Crippen LogP) is 3.41. The number of hydrogen-bond acceptors (Lipinski definition) is 1. The molecule has 1 N–H and O–H groups in total. The minimum absolute atomic E-state index is 0.630. The summed E-state index contributed by atoms with van der Waals surface area (Å²) in [5, 5.41) is 3.43. The van der Waals surface area contributed by atoms with Crippen molar-refractivity contribution in [3.05, 3.63) is 48.0 Å². The molecule has 1 aromatic rings. The Balaban J connectivity index is 1.96. The summed E-state index contributed by atoms with van der Waals surface area (Å²) < 4.78 is 0. The Hall–Kier alpha value is -1.77. The number of guanidine groups is 1. The molecule has 1 unspecified atom stereocenters. The second-order valence-corrected chi connectivity index (χ2v) is 5.44. The van der Waals surface area contributed by atoms with Crippen molar-refractivity contribution in [2.45, 2.75) is 32.6 Å². The maximum absolute atomic E-state index is 4.74. The van der Waals surface area contributed by atoms with Crippen LogP contribution in [0.15, 0.2) is 47.5 Å². The van der Waals surface area contributed by atoms with Crippen molar-refractivity contribution in [1.82, 2.24) is 10.2 Å². The molecule has 0 amide bonds. The first-order valence-corrected chi connectivity index (χ1v) is 8.04. The van der Waals surface area contributed by atoms with E-state index in [0.29, 0.717) is 5.92 Å². The highest BCUT2D eigenvalue weighted by atomic mass is 15.3. The maximum Gasteiger partial charge on any atom is 0.193 e.